The van der Waals surface area contributed by atoms with Crippen LogP contribution in [0.5, 0.6) is 0 Å². The van der Waals surface area contributed by atoms with Gasteiger partial charge in [-0.1, -0.05) is 192 Å². The van der Waals surface area contributed by atoms with Gasteiger partial charge in [0, 0.05) is 6.42 Å². The van der Waals surface area contributed by atoms with E-state index in [1.807, 2.05) is 0 Å². The number of hydrogen-bond acceptors (Lipinski definition) is 5. The molecule has 0 bridgehead atoms. The minimum Gasteiger partial charge on any atom is -0.462 e. The summed E-state index contributed by atoms with van der Waals surface area (Å²) >= 11 is 0. The summed E-state index contributed by atoms with van der Waals surface area (Å²) in [6.07, 6.45) is 43.5. The number of allylic oxidation sites excluding steroid dienone is 6. The largest absolute Gasteiger partial charge is 0.462 e. The molecule has 0 rings (SSSR count). The second kappa shape index (κ2) is 39.3. The molecule has 0 saturated heterocycles. The van der Waals surface area contributed by atoms with E-state index in [0.29, 0.717) is 19.3 Å². The Bertz CT molecular complexity index is 854. The van der Waals surface area contributed by atoms with Crippen LogP contribution in [-0.2, 0) is 14.3 Å². The van der Waals surface area contributed by atoms with Crippen LogP contribution in [0.4, 0.5) is 0 Å². The van der Waals surface area contributed by atoms with Crippen molar-refractivity contribution in [2.45, 2.75) is 232 Å². The highest BCUT2D eigenvalue weighted by molar-refractivity contribution is 5.77. The lowest BCUT2D eigenvalue weighted by atomic mass is 10.0. The summed E-state index contributed by atoms with van der Waals surface area (Å²) in [4.78, 5) is 25.8. The topological polar surface area (TPSA) is 95.9 Å². The van der Waals surface area contributed by atoms with Gasteiger partial charge in [-0.15, -0.1) is 0 Å². The first-order chi connectivity index (χ1) is 25.0. The molecule has 3 N–H and O–H groups in total. The highest BCUT2D eigenvalue weighted by Crippen LogP contribution is 2.17. The lowest BCUT2D eigenvalue weighted by molar-refractivity contribution is -0.151. The van der Waals surface area contributed by atoms with Crippen molar-refractivity contribution >= 4 is 11.9 Å². The predicted molar refractivity (Wildman–Crippen MR) is 218 cm³/mol. The number of ether oxygens (including phenoxy) is 1. The molecule has 51 heavy (non-hydrogen) atoms. The SMILES string of the molecule is CC/C=C/C=C/C=C/CCCCCCCCCC(=O)OC(CCCCCCCCCC)CC(=O)NC(CO)C(O)CCCCCCCCCCC. The van der Waals surface area contributed by atoms with E-state index in [9.17, 15) is 19.8 Å². The highest BCUT2D eigenvalue weighted by Gasteiger charge is 2.24. The van der Waals surface area contributed by atoms with E-state index in [1.165, 1.54) is 103 Å². The summed E-state index contributed by atoms with van der Waals surface area (Å²) in [6.45, 7) is 6.29. The smallest absolute Gasteiger partial charge is 0.306 e. The molecule has 1 amide bonds. The van der Waals surface area contributed by atoms with Gasteiger partial charge in [-0.3, -0.25) is 9.59 Å². The fourth-order valence-corrected chi connectivity index (χ4v) is 6.49. The average Bonchev–Trinajstić information content (AvgIpc) is 3.12. The summed E-state index contributed by atoms with van der Waals surface area (Å²) in [5, 5.41) is 23.5. The van der Waals surface area contributed by atoms with E-state index >= 15 is 0 Å². The van der Waals surface area contributed by atoms with Gasteiger partial charge in [-0.05, 0) is 44.9 Å². The van der Waals surface area contributed by atoms with Gasteiger partial charge in [0.1, 0.15) is 6.10 Å². The fourth-order valence-electron chi connectivity index (χ4n) is 6.49. The van der Waals surface area contributed by atoms with Gasteiger partial charge >= 0.3 is 5.97 Å². The molecule has 0 aromatic carbocycles. The first kappa shape index (κ1) is 49.1. The number of nitrogens with one attached hydrogen (secondary N) is 1. The summed E-state index contributed by atoms with van der Waals surface area (Å²) in [5.41, 5.74) is 0. The summed E-state index contributed by atoms with van der Waals surface area (Å²) < 4.78 is 5.87. The van der Waals surface area contributed by atoms with Crippen LogP contribution in [0.1, 0.15) is 213 Å². The van der Waals surface area contributed by atoms with Crippen LogP contribution in [0.3, 0.4) is 0 Å². The van der Waals surface area contributed by atoms with Gasteiger partial charge in [0.15, 0.2) is 0 Å². The monoisotopic (exact) mass is 718 g/mol. The van der Waals surface area contributed by atoms with E-state index in [4.69, 9.17) is 4.74 Å². The summed E-state index contributed by atoms with van der Waals surface area (Å²) in [5.74, 6) is -0.490. The summed E-state index contributed by atoms with van der Waals surface area (Å²) in [7, 11) is 0. The zero-order valence-corrected chi connectivity index (χ0v) is 33.7. The molecule has 6 heteroatoms. The van der Waals surface area contributed by atoms with Gasteiger partial charge in [0.2, 0.25) is 5.91 Å². The lowest BCUT2D eigenvalue weighted by Crippen LogP contribution is -2.46. The third kappa shape index (κ3) is 34.9. The Morgan fingerprint density at radius 1 is 0.588 bits per heavy atom. The molecule has 0 radical (unpaired) electrons. The Morgan fingerprint density at radius 2 is 1.06 bits per heavy atom. The van der Waals surface area contributed by atoms with Crippen molar-refractivity contribution in [1.82, 2.24) is 5.32 Å². The second-order valence-corrected chi connectivity index (χ2v) is 14.8. The van der Waals surface area contributed by atoms with Crippen LogP contribution in [0.25, 0.3) is 0 Å². The molecule has 0 spiro atoms. The van der Waals surface area contributed by atoms with Crippen LogP contribution in [0, 0.1) is 0 Å². The Morgan fingerprint density at radius 3 is 1.59 bits per heavy atom. The van der Waals surface area contributed by atoms with Crippen molar-refractivity contribution in [1.29, 1.82) is 0 Å². The normalized spacial score (nSPS) is 13.7. The van der Waals surface area contributed by atoms with E-state index < -0.39 is 18.2 Å². The Hall–Kier alpha value is -1.92. The maximum Gasteiger partial charge on any atom is 0.306 e. The van der Waals surface area contributed by atoms with Gasteiger partial charge < -0.3 is 20.3 Å². The maximum absolute atomic E-state index is 13.0. The number of hydrogen-bond donors (Lipinski definition) is 3. The van der Waals surface area contributed by atoms with Crippen LogP contribution in [0.2, 0.25) is 0 Å². The van der Waals surface area contributed by atoms with Gasteiger partial charge in [-0.2, -0.15) is 0 Å². The third-order valence-electron chi connectivity index (χ3n) is 9.79. The van der Waals surface area contributed by atoms with E-state index in [1.54, 1.807) is 0 Å². The summed E-state index contributed by atoms with van der Waals surface area (Å²) in [6, 6.07) is -0.697. The quantitative estimate of drug-likeness (QED) is 0.0336. The standard InChI is InChI=1S/C45H83NO5/c1-4-7-10-13-16-19-20-21-22-23-24-26-29-32-35-38-45(50)51-41(36-33-30-27-18-15-12-9-6-3)39-44(49)46-42(40-47)43(48)37-34-31-28-25-17-14-11-8-5-2/h7,10,13,16,19-20,41-43,47-48H,4-6,8-9,11-12,14-15,17-18,21-40H2,1-3H3,(H,46,49)/b10-7+,16-13+,20-19+. The van der Waals surface area contributed by atoms with Crippen molar-refractivity contribution in [3.63, 3.8) is 0 Å². The molecule has 0 aromatic heterocycles. The van der Waals surface area contributed by atoms with Crippen molar-refractivity contribution in [2.75, 3.05) is 6.61 Å². The fraction of sp³-hybridized carbons (Fsp3) is 0.822. The Kier molecular flexibility index (Phi) is 37.8. The number of aliphatic hydroxyl groups is 2. The van der Waals surface area contributed by atoms with Crippen LogP contribution in [0.15, 0.2) is 36.5 Å². The average molecular weight is 718 g/mol. The molecular formula is C45H83NO5. The van der Waals surface area contributed by atoms with E-state index in [2.05, 4.69) is 62.5 Å². The van der Waals surface area contributed by atoms with E-state index in [-0.39, 0.29) is 24.9 Å². The number of aliphatic hydroxyl groups excluding tert-OH is 2. The van der Waals surface area contributed by atoms with E-state index in [0.717, 1.165) is 64.2 Å². The molecule has 0 aromatic rings. The van der Waals surface area contributed by atoms with Gasteiger partial charge in [0.25, 0.3) is 0 Å². The first-order valence-corrected chi connectivity index (χ1v) is 21.7. The molecule has 298 valence electrons. The molecular weight excluding hydrogens is 634 g/mol. The third-order valence-corrected chi connectivity index (χ3v) is 9.79. The molecule has 3 atom stereocenters. The predicted octanol–water partition coefficient (Wildman–Crippen LogP) is 12.2. The molecule has 3 unspecified atom stereocenters. The van der Waals surface area contributed by atoms with Crippen molar-refractivity contribution in [2.24, 2.45) is 0 Å². The van der Waals surface area contributed by atoms with Gasteiger partial charge in [-0.25, -0.2) is 0 Å². The van der Waals surface area contributed by atoms with Crippen molar-refractivity contribution in [3.05, 3.63) is 36.5 Å². The van der Waals surface area contributed by atoms with Crippen LogP contribution < -0.4 is 5.32 Å². The molecule has 0 aliphatic rings. The zero-order valence-electron chi connectivity index (χ0n) is 33.7. The van der Waals surface area contributed by atoms with Crippen LogP contribution >= 0.6 is 0 Å². The number of amides is 1. The Balaban J connectivity index is 4.51. The molecule has 0 heterocycles. The first-order valence-electron chi connectivity index (χ1n) is 21.7. The molecule has 0 aliphatic carbocycles. The molecule has 0 aliphatic heterocycles. The number of esters is 1. The minimum atomic E-state index is -0.783. The number of unbranched alkanes of at least 4 members (excludes halogenated alkanes) is 22. The van der Waals surface area contributed by atoms with Crippen molar-refractivity contribution < 1.29 is 24.5 Å². The number of rotatable bonds is 38. The maximum atomic E-state index is 13.0. The molecule has 6 nitrogen and oxygen atoms in total. The Labute approximate surface area is 315 Å². The zero-order chi connectivity index (χ0) is 37.5. The highest BCUT2D eigenvalue weighted by atomic mass is 16.5. The number of carbonyl (C=O) groups is 2. The molecule has 0 fully saturated rings. The second-order valence-electron chi connectivity index (χ2n) is 14.8. The van der Waals surface area contributed by atoms with Crippen molar-refractivity contribution in [3.8, 4) is 0 Å². The number of carbonyl (C=O) groups excluding carboxylic acids is 2. The molecule has 0 saturated carbocycles. The lowest BCUT2D eigenvalue weighted by Gasteiger charge is -2.24. The minimum absolute atomic E-state index is 0.0743. The van der Waals surface area contributed by atoms with Gasteiger partial charge in [0.05, 0.1) is 25.2 Å². The van der Waals surface area contributed by atoms with Crippen LogP contribution in [-0.4, -0.2) is 46.9 Å².